The fourth-order valence-electron chi connectivity index (χ4n) is 2.64. The van der Waals surface area contributed by atoms with Gasteiger partial charge in [0.1, 0.15) is 11.8 Å². The molecule has 4 nitrogen and oxygen atoms in total. The molecule has 4 heteroatoms. The molecule has 0 saturated heterocycles. The summed E-state index contributed by atoms with van der Waals surface area (Å²) in [5.41, 5.74) is 6.94. The third-order valence-corrected chi connectivity index (χ3v) is 4.21. The van der Waals surface area contributed by atoms with Crippen molar-refractivity contribution in [1.82, 2.24) is 5.32 Å². The Balaban J connectivity index is 2.31. The van der Waals surface area contributed by atoms with Gasteiger partial charge >= 0.3 is 0 Å². The maximum absolute atomic E-state index is 12.6. The lowest BCUT2D eigenvalue weighted by molar-refractivity contribution is -0.127. The molecule has 2 aromatic carbocycles. The van der Waals surface area contributed by atoms with Crippen molar-refractivity contribution in [2.45, 2.75) is 39.3 Å². The van der Waals surface area contributed by atoms with E-state index in [1.54, 1.807) is 0 Å². The minimum atomic E-state index is -0.654. The largest absolute Gasteiger partial charge is 0.368 e. The van der Waals surface area contributed by atoms with Crippen LogP contribution in [-0.2, 0) is 9.59 Å². The van der Waals surface area contributed by atoms with E-state index in [0.717, 1.165) is 11.1 Å². The highest BCUT2D eigenvalue weighted by atomic mass is 16.1. The molecule has 0 aliphatic heterocycles. The number of primary amides is 1. The fourth-order valence-corrected chi connectivity index (χ4v) is 2.64. The Morgan fingerprint density at radius 1 is 0.920 bits per heavy atom. The number of carbonyl (C=O) groups is 2. The van der Waals surface area contributed by atoms with Crippen LogP contribution in [0.25, 0.3) is 0 Å². The summed E-state index contributed by atoms with van der Waals surface area (Å²) in [6.45, 7) is 5.71. The normalized spacial score (nSPS) is 13.9. The van der Waals surface area contributed by atoms with Crippen LogP contribution in [0.15, 0.2) is 60.7 Å². The van der Waals surface area contributed by atoms with E-state index in [-0.39, 0.29) is 11.8 Å². The summed E-state index contributed by atoms with van der Waals surface area (Å²) in [6.07, 6.45) is 0.296. The molecule has 0 aliphatic carbocycles. The topological polar surface area (TPSA) is 72.2 Å². The van der Waals surface area contributed by atoms with E-state index in [2.05, 4.69) is 5.32 Å². The molecule has 2 rings (SSSR count). The van der Waals surface area contributed by atoms with Crippen LogP contribution in [0.4, 0.5) is 0 Å². The minimum absolute atomic E-state index is 0.130. The molecule has 25 heavy (non-hydrogen) atoms. The number of nitrogens with two attached hydrogens (primary N) is 1. The number of benzene rings is 2. The average molecular weight is 338 g/mol. The Labute approximate surface area is 149 Å². The highest BCUT2D eigenvalue weighted by Gasteiger charge is 2.28. The molecule has 132 valence electrons. The van der Waals surface area contributed by atoms with Gasteiger partial charge in [0.05, 0.1) is 0 Å². The standard InChI is InChI=1S/C21H26N2O2/c1-21(2,3)18(24)14-17(15-10-6-4-7-11-15)23-19(20(22)25)16-12-8-5-9-13-16/h4-13,17,19,23H,14H2,1-3H3,(H2,22,25)/t17-,19?/m1/s1. The van der Waals surface area contributed by atoms with E-state index >= 15 is 0 Å². The summed E-state index contributed by atoms with van der Waals surface area (Å²) in [5.74, 6) is -0.333. The van der Waals surface area contributed by atoms with Gasteiger partial charge in [-0.1, -0.05) is 81.4 Å². The molecule has 0 spiro atoms. The smallest absolute Gasteiger partial charge is 0.239 e. The van der Waals surface area contributed by atoms with Crippen LogP contribution in [0, 0.1) is 5.41 Å². The van der Waals surface area contributed by atoms with Gasteiger partial charge in [-0.05, 0) is 11.1 Å². The molecule has 2 atom stereocenters. The van der Waals surface area contributed by atoms with Crippen LogP contribution in [0.2, 0.25) is 0 Å². The zero-order chi connectivity index (χ0) is 18.4. The lowest BCUT2D eigenvalue weighted by atomic mass is 9.85. The number of ketones is 1. The Morgan fingerprint density at radius 2 is 1.40 bits per heavy atom. The number of carbonyl (C=O) groups excluding carboxylic acids is 2. The Hall–Kier alpha value is -2.46. The summed E-state index contributed by atoms with van der Waals surface area (Å²) < 4.78 is 0. The maximum atomic E-state index is 12.6. The zero-order valence-corrected chi connectivity index (χ0v) is 15.0. The molecule has 1 unspecified atom stereocenters. The molecule has 0 heterocycles. The van der Waals surface area contributed by atoms with Gasteiger partial charge in [0, 0.05) is 17.9 Å². The van der Waals surface area contributed by atoms with Crippen LogP contribution < -0.4 is 11.1 Å². The van der Waals surface area contributed by atoms with Gasteiger partial charge in [-0.25, -0.2) is 0 Å². The minimum Gasteiger partial charge on any atom is -0.368 e. The lowest BCUT2D eigenvalue weighted by Crippen LogP contribution is -2.38. The molecule has 2 aromatic rings. The molecule has 0 aromatic heterocycles. The summed E-state index contributed by atoms with van der Waals surface area (Å²) in [4.78, 5) is 24.6. The maximum Gasteiger partial charge on any atom is 0.239 e. The van der Waals surface area contributed by atoms with Crippen LogP contribution in [0.1, 0.15) is 50.4 Å². The van der Waals surface area contributed by atoms with Crippen molar-refractivity contribution in [1.29, 1.82) is 0 Å². The summed E-state index contributed by atoms with van der Waals surface area (Å²) in [5, 5.41) is 3.29. The van der Waals surface area contributed by atoms with Crippen LogP contribution in [0.3, 0.4) is 0 Å². The first kappa shape index (κ1) is 18.9. The van der Waals surface area contributed by atoms with Crippen molar-refractivity contribution in [3.05, 3.63) is 71.8 Å². The van der Waals surface area contributed by atoms with E-state index in [9.17, 15) is 9.59 Å². The van der Waals surface area contributed by atoms with Gasteiger partial charge in [0.25, 0.3) is 0 Å². The fraction of sp³-hybridized carbons (Fsp3) is 0.333. The van der Waals surface area contributed by atoms with E-state index in [4.69, 9.17) is 5.73 Å². The summed E-state index contributed by atoms with van der Waals surface area (Å²) in [7, 11) is 0. The third kappa shape index (κ3) is 5.26. The second-order valence-electron chi connectivity index (χ2n) is 7.25. The molecule has 0 radical (unpaired) electrons. The van der Waals surface area contributed by atoms with Crippen LogP contribution >= 0.6 is 0 Å². The van der Waals surface area contributed by atoms with E-state index in [1.165, 1.54) is 0 Å². The monoisotopic (exact) mass is 338 g/mol. The van der Waals surface area contributed by atoms with Gasteiger partial charge in [-0.3, -0.25) is 14.9 Å². The Kier molecular flexibility index (Phi) is 6.10. The quantitative estimate of drug-likeness (QED) is 0.811. The van der Waals surface area contributed by atoms with E-state index < -0.39 is 17.4 Å². The van der Waals surface area contributed by atoms with Gasteiger partial charge in [-0.2, -0.15) is 0 Å². The Morgan fingerprint density at radius 3 is 1.84 bits per heavy atom. The van der Waals surface area contributed by atoms with Crippen molar-refractivity contribution in [2.24, 2.45) is 11.1 Å². The van der Waals surface area contributed by atoms with Crippen LogP contribution in [-0.4, -0.2) is 11.7 Å². The predicted octanol–water partition coefficient (Wildman–Crippen LogP) is 3.55. The average Bonchev–Trinajstić information content (AvgIpc) is 2.58. The highest BCUT2D eigenvalue weighted by molar-refractivity contribution is 5.85. The van der Waals surface area contributed by atoms with Crippen molar-refractivity contribution in [3.63, 3.8) is 0 Å². The van der Waals surface area contributed by atoms with Crippen molar-refractivity contribution >= 4 is 11.7 Å². The number of amides is 1. The molecule has 3 N–H and O–H groups in total. The van der Waals surface area contributed by atoms with E-state index in [1.807, 2.05) is 81.4 Å². The summed E-state index contributed by atoms with van der Waals surface area (Å²) >= 11 is 0. The first-order chi connectivity index (χ1) is 11.8. The molecule has 0 fully saturated rings. The molecule has 0 saturated carbocycles. The summed E-state index contributed by atoms with van der Waals surface area (Å²) in [6, 6.07) is 18.1. The van der Waals surface area contributed by atoms with Gasteiger partial charge < -0.3 is 5.73 Å². The molecule has 0 bridgehead atoms. The van der Waals surface area contributed by atoms with Crippen molar-refractivity contribution in [3.8, 4) is 0 Å². The number of nitrogens with one attached hydrogen (secondary N) is 1. The van der Waals surface area contributed by atoms with Gasteiger partial charge in [0.15, 0.2) is 0 Å². The Bertz CT molecular complexity index is 706. The van der Waals surface area contributed by atoms with E-state index in [0.29, 0.717) is 6.42 Å². The van der Waals surface area contributed by atoms with Crippen molar-refractivity contribution in [2.75, 3.05) is 0 Å². The first-order valence-electron chi connectivity index (χ1n) is 8.47. The number of Topliss-reactive ketones (excluding diaryl/α,β-unsaturated/α-hetero) is 1. The third-order valence-electron chi connectivity index (χ3n) is 4.21. The first-order valence-corrected chi connectivity index (χ1v) is 8.47. The number of hydrogen-bond donors (Lipinski definition) is 2. The molecular formula is C21H26N2O2. The van der Waals surface area contributed by atoms with Gasteiger partial charge in [-0.15, -0.1) is 0 Å². The molecular weight excluding hydrogens is 312 g/mol. The SMILES string of the molecule is CC(C)(C)C(=O)C[C@@H](NC(C(N)=O)c1ccccc1)c1ccccc1. The number of hydrogen-bond acceptors (Lipinski definition) is 3. The number of rotatable bonds is 7. The second kappa shape index (κ2) is 8.08. The molecule has 1 amide bonds. The van der Waals surface area contributed by atoms with Gasteiger partial charge in [0.2, 0.25) is 5.91 Å². The zero-order valence-electron chi connectivity index (χ0n) is 15.0. The highest BCUT2D eigenvalue weighted by Crippen LogP contribution is 2.27. The molecule has 0 aliphatic rings. The van der Waals surface area contributed by atoms with Crippen LogP contribution in [0.5, 0.6) is 0 Å². The van der Waals surface area contributed by atoms with Crippen molar-refractivity contribution < 1.29 is 9.59 Å². The predicted molar refractivity (Wildman–Crippen MR) is 99.8 cm³/mol. The lowest BCUT2D eigenvalue weighted by Gasteiger charge is -2.27. The second-order valence-corrected chi connectivity index (χ2v) is 7.25.